The lowest BCUT2D eigenvalue weighted by atomic mass is 10.1. The molecule has 2 N–H and O–H groups in total. The number of amides is 1. The smallest absolute Gasteiger partial charge is 0.253 e. The lowest BCUT2D eigenvalue weighted by Gasteiger charge is -2.14. The molecule has 4 nitrogen and oxygen atoms in total. The van der Waals surface area contributed by atoms with Crippen molar-refractivity contribution in [2.75, 3.05) is 0 Å². The Morgan fingerprint density at radius 1 is 1.28 bits per heavy atom. The van der Waals surface area contributed by atoms with Crippen LogP contribution in [0.5, 0.6) is 5.75 Å². The van der Waals surface area contributed by atoms with Crippen molar-refractivity contribution < 1.29 is 9.90 Å². The van der Waals surface area contributed by atoms with Crippen molar-refractivity contribution in [2.24, 2.45) is 0 Å². The predicted octanol–water partition coefficient (Wildman–Crippen LogP) is 2.28. The molecule has 0 aliphatic carbocycles. The number of rotatable bonds is 3. The minimum absolute atomic E-state index is 0.127. The van der Waals surface area contributed by atoms with E-state index in [4.69, 9.17) is 0 Å². The Bertz CT molecular complexity index is 523. The van der Waals surface area contributed by atoms with Gasteiger partial charge in [-0.1, -0.05) is 12.1 Å². The quantitative estimate of drug-likeness (QED) is 0.868. The van der Waals surface area contributed by atoms with Crippen LogP contribution in [0.3, 0.4) is 0 Å². The molecule has 2 aromatic rings. The highest BCUT2D eigenvalue weighted by Crippen LogP contribution is 2.16. The van der Waals surface area contributed by atoms with E-state index < -0.39 is 0 Å². The number of nitrogens with zero attached hydrogens (tertiary/aromatic N) is 1. The summed E-state index contributed by atoms with van der Waals surface area (Å²) < 4.78 is 0. The van der Waals surface area contributed by atoms with Gasteiger partial charge in [-0.2, -0.15) is 0 Å². The molecule has 0 saturated heterocycles. The van der Waals surface area contributed by atoms with E-state index in [1.54, 1.807) is 42.6 Å². The number of aromatic nitrogens is 1. The van der Waals surface area contributed by atoms with Crippen LogP contribution < -0.4 is 5.32 Å². The molecule has 0 spiro atoms. The second-order valence-corrected chi connectivity index (χ2v) is 4.03. The highest BCUT2D eigenvalue weighted by atomic mass is 16.3. The van der Waals surface area contributed by atoms with Crippen LogP contribution in [0.2, 0.25) is 0 Å². The number of carbonyl (C=O) groups is 1. The lowest BCUT2D eigenvalue weighted by molar-refractivity contribution is 0.0939. The summed E-state index contributed by atoms with van der Waals surface area (Å²) in [5, 5.41) is 12.1. The van der Waals surface area contributed by atoms with Gasteiger partial charge < -0.3 is 10.4 Å². The van der Waals surface area contributed by atoms with E-state index in [1.165, 1.54) is 6.20 Å². The Morgan fingerprint density at radius 3 is 2.61 bits per heavy atom. The Labute approximate surface area is 105 Å². The number of hydrogen-bond acceptors (Lipinski definition) is 3. The van der Waals surface area contributed by atoms with Gasteiger partial charge in [0.15, 0.2) is 0 Å². The summed E-state index contributed by atoms with van der Waals surface area (Å²) in [6.07, 6.45) is 3.15. The fourth-order valence-electron chi connectivity index (χ4n) is 1.62. The van der Waals surface area contributed by atoms with E-state index in [-0.39, 0.29) is 17.7 Å². The Hall–Kier alpha value is -2.36. The van der Waals surface area contributed by atoms with E-state index in [1.807, 2.05) is 6.92 Å². The second-order valence-electron chi connectivity index (χ2n) is 4.03. The van der Waals surface area contributed by atoms with Crippen LogP contribution >= 0.6 is 0 Å². The van der Waals surface area contributed by atoms with Gasteiger partial charge in [-0.25, -0.2) is 0 Å². The van der Waals surface area contributed by atoms with Crippen molar-refractivity contribution in [2.45, 2.75) is 13.0 Å². The molecule has 92 valence electrons. The standard InChI is InChI=1S/C14H14N2O2/c1-10(11-4-6-13(17)7-5-11)16-14(18)12-3-2-8-15-9-12/h2-10,17H,1H3,(H,16,18). The number of carbonyl (C=O) groups excluding carboxylic acids is 1. The third kappa shape index (κ3) is 2.85. The fourth-order valence-corrected chi connectivity index (χ4v) is 1.62. The molecule has 0 aliphatic heterocycles. The Kier molecular flexibility index (Phi) is 3.57. The molecular formula is C14H14N2O2. The van der Waals surface area contributed by atoms with E-state index in [9.17, 15) is 9.90 Å². The minimum atomic E-state index is -0.163. The predicted molar refractivity (Wildman–Crippen MR) is 68.2 cm³/mol. The third-order valence-electron chi connectivity index (χ3n) is 2.66. The van der Waals surface area contributed by atoms with Crippen molar-refractivity contribution >= 4 is 5.91 Å². The first-order valence-corrected chi connectivity index (χ1v) is 5.66. The van der Waals surface area contributed by atoms with Crippen molar-refractivity contribution in [1.29, 1.82) is 0 Å². The van der Waals surface area contributed by atoms with Gasteiger partial charge in [0.1, 0.15) is 5.75 Å². The van der Waals surface area contributed by atoms with Gasteiger partial charge in [0.2, 0.25) is 0 Å². The van der Waals surface area contributed by atoms with Crippen LogP contribution in [0.1, 0.15) is 28.9 Å². The summed E-state index contributed by atoms with van der Waals surface area (Å²) in [5.74, 6) is 0.0493. The average molecular weight is 242 g/mol. The first-order chi connectivity index (χ1) is 8.66. The molecule has 4 heteroatoms. The number of phenolic OH excluding ortho intramolecular Hbond substituents is 1. The first kappa shape index (κ1) is 12.1. The summed E-state index contributed by atoms with van der Waals surface area (Å²) in [7, 11) is 0. The van der Waals surface area contributed by atoms with Gasteiger partial charge in [0.25, 0.3) is 5.91 Å². The van der Waals surface area contributed by atoms with Crippen molar-refractivity contribution in [3.05, 3.63) is 59.9 Å². The number of aromatic hydroxyl groups is 1. The number of phenols is 1. The highest BCUT2D eigenvalue weighted by molar-refractivity contribution is 5.94. The summed E-state index contributed by atoms with van der Waals surface area (Å²) >= 11 is 0. The van der Waals surface area contributed by atoms with Crippen molar-refractivity contribution in [1.82, 2.24) is 10.3 Å². The first-order valence-electron chi connectivity index (χ1n) is 5.66. The Morgan fingerprint density at radius 2 is 2.00 bits per heavy atom. The zero-order chi connectivity index (χ0) is 13.0. The molecule has 1 heterocycles. The molecule has 0 saturated carbocycles. The van der Waals surface area contributed by atoms with E-state index >= 15 is 0 Å². The van der Waals surface area contributed by atoms with E-state index in [2.05, 4.69) is 10.3 Å². The van der Waals surface area contributed by atoms with Crippen LogP contribution in [-0.2, 0) is 0 Å². The fraction of sp³-hybridized carbons (Fsp3) is 0.143. The van der Waals surface area contributed by atoms with Gasteiger partial charge in [0.05, 0.1) is 11.6 Å². The molecule has 0 aliphatic rings. The molecule has 2 rings (SSSR count). The van der Waals surface area contributed by atoms with Gasteiger partial charge in [-0.15, -0.1) is 0 Å². The molecule has 0 radical (unpaired) electrons. The Balaban J connectivity index is 2.06. The second kappa shape index (κ2) is 5.31. The van der Waals surface area contributed by atoms with Crippen molar-refractivity contribution in [3.8, 4) is 5.75 Å². The SMILES string of the molecule is CC(NC(=O)c1cccnc1)c1ccc(O)cc1. The average Bonchev–Trinajstić information content (AvgIpc) is 2.40. The van der Waals surface area contributed by atoms with E-state index in [0.717, 1.165) is 5.56 Å². The maximum Gasteiger partial charge on any atom is 0.253 e. The molecular weight excluding hydrogens is 228 g/mol. The highest BCUT2D eigenvalue weighted by Gasteiger charge is 2.11. The van der Waals surface area contributed by atoms with Crippen LogP contribution in [0.15, 0.2) is 48.8 Å². The maximum absolute atomic E-state index is 11.9. The lowest BCUT2D eigenvalue weighted by Crippen LogP contribution is -2.26. The number of hydrogen-bond donors (Lipinski definition) is 2. The molecule has 1 unspecified atom stereocenters. The molecule has 0 fully saturated rings. The number of benzene rings is 1. The summed E-state index contributed by atoms with van der Waals surface area (Å²) in [4.78, 5) is 15.8. The largest absolute Gasteiger partial charge is 0.508 e. The zero-order valence-corrected chi connectivity index (χ0v) is 10.00. The monoisotopic (exact) mass is 242 g/mol. The van der Waals surface area contributed by atoms with E-state index in [0.29, 0.717) is 5.56 Å². The summed E-state index contributed by atoms with van der Waals surface area (Å²) in [6, 6.07) is 10.1. The minimum Gasteiger partial charge on any atom is -0.508 e. The van der Waals surface area contributed by atoms with Crippen LogP contribution in [-0.4, -0.2) is 16.0 Å². The van der Waals surface area contributed by atoms with Gasteiger partial charge >= 0.3 is 0 Å². The summed E-state index contributed by atoms with van der Waals surface area (Å²) in [5.41, 5.74) is 1.47. The zero-order valence-electron chi connectivity index (χ0n) is 10.00. The van der Waals surface area contributed by atoms with Gasteiger partial charge in [0, 0.05) is 12.4 Å². The molecule has 1 atom stereocenters. The van der Waals surface area contributed by atoms with Crippen LogP contribution in [0, 0.1) is 0 Å². The topological polar surface area (TPSA) is 62.2 Å². The van der Waals surface area contributed by atoms with Gasteiger partial charge in [-0.05, 0) is 36.8 Å². The van der Waals surface area contributed by atoms with Crippen LogP contribution in [0.25, 0.3) is 0 Å². The molecule has 1 aromatic heterocycles. The summed E-state index contributed by atoms with van der Waals surface area (Å²) in [6.45, 7) is 1.89. The number of pyridine rings is 1. The third-order valence-corrected chi connectivity index (χ3v) is 2.66. The molecule has 0 bridgehead atoms. The normalized spacial score (nSPS) is 11.8. The molecule has 1 aromatic carbocycles. The van der Waals surface area contributed by atoms with Crippen LogP contribution in [0.4, 0.5) is 0 Å². The van der Waals surface area contributed by atoms with Crippen molar-refractivity contribution in [3.63, 3.8) is 0 Å². The number of nitrogens with one attached hydrogen (secondary N) is 1. The molecule has 18 heavy (non-hydrogen) atoms. The maximum atomic E-state index is 11.9. The van der Waals surface area contributed by atoms with Gasteiger partial charge in [-0.3, -0.25) is 9.78 Å². The molecule has 1 amide bonds.